The SMILES string of the molecule is [CH2]CC([SiH3])C(OCC)OCC. The van der Waals surface area contributed by atoms with E-state index in [-0.39, 0.29) is 6.29 Å². The maximum absolute atomic E-state index is 5.41. The van der Waals surface area contributed by atoms with Crippen molar-refractivity contribution in [2.75, 3.05) is 13.2 Å². The zero-order valence-corrected chi connectivity index (χ0v) is 9.80. The molecule has 0 bridgehead atoms. The molecule has 0 heterocycles. The van der Waals surface area contributed by atoms with Gasteiger partial charge in [0, 0.05) is 23.5 Å². The summed E-state index contributed by atoms with van der Waals surface area (Å²) in [6.07, 6.45) is 0.908. The largest absolute Gasteiger partial charge is 0.353 e. The van der Waals surface area contributed by atoms with Crippen LogP contribution in [0.4, 0.5) is 0 Å². The van der Waals surface area contributed by atoms with E-state index in [1.165, 1.54) is 0 Å². The van der Waals surface area contributed by atoms with E-state index < -0.39 is 0 Å². The molecule has 11 heavy (non-hydrogen) atoms. The third-order valence-corrected chi connectivity index (χ3v) is 2.70. The minimum atomic E-state index is -0.00540. The number of hydrogen-bond acceptors (Lipinski definition) is 2. The first-order chi connectivity index (χ1) is 5.26. The Kier molecular flexibility index (Phi) is 6.91. The van der Waals surface area contributed by atoms with Gasteiger partial charge in [-0.1, -0.05) is 6.92 Å². The van der Waals surface area contributed by atoms with Crippen molar-refractivity contribution in [2.24, 2.45) is 0 Å². The first-order valence-electron chi connectivity index (χ1n) is 4.28. The summed E-state index contributed by atoms with van der Waals surface area (Å²) in [5.41, 5.74) is 0.523. The molecule has 3 heteroatoms. The molecule has 0 saturated carbocycles. The van der Waals surface area contributed by atoms with Crippen molar-refractivity contribution in [3.63, 3.8) is 0 Å². The predicted octanol–water partition coefficient (Wildman–Crippen LogP) is 0.764. The van der Waals surface area contributed by atoms with E-state index in [1.807, 2.05) is 13.8 Å². The second-order valence-electron chi connectivity index (χ2n) is 2.55. The summed E-state index contributed by atoms with van der Waals surface area (Å²) in [5.74, 6) is 0. The third kappa shape index (κ3) is 4.56. The van der Waals surface area contributed by atoms with Gasteiger partial charge < -0.3 is 9.47 Å². The van der Waals surface area contributed by atoms with Crippen LogP contribution in [0.25, 0.3) is 0 Å². The van der Waals surface area contributed by atoms with Gasteiger partial charge in [0.05, 0.1) is 0 Å². The summed E-state index contributed by atoms with van der Waals surface area (Å²) in [6, 6.07) is 0. The van der Waals surface area contributed by atoms with Gasteiger partial charge in [0.2, 0.25) is 0 Å². The zero-order valence-electron chi connectivity index (χ0n) is 7.80. The van der Waals surface area contributed by atoms with Crippen molar-refractivity contribution in [3.8, 4) is 0 Å². The van der Waals surface area contributed by atoms with E-state index >= 15 is 0 Å². The normalized spacial score (nSPS) is 14.2. The molecule has 1 atom stereocenters. The molecule has 0 spiro atoms. The lowest BCUT2D eigenvalue weighted by molar-refractivity contribution is -0.138. The highest BCUT2D eigenvalue weighted by Gasteiger charge is 2.14. The minimum Gasteiger partial charge on any atom is -0.353 e. The molecule has 0 aliphatic heterocycles. The van der Waals surface area contributed by atoms with Gasteiger partial charge in [-0.25, -0.2) is 0 Å². The summed E-state index contributed by atoms with van der Waals surface area (Å²) in [6.45, 7) is 9.28. The lowest BCUT2D eigenvalue weighted by Gasteiger charge is -2.22. The van der Waals surface area contributed by atoms with Crippen molar-refractivity contribution in [2.45, 2.75) is 32.1 Å². The van der Waals surface area contributed by atoms with Gasteiger partial charge >= 0.3 is 0 Å². The minimum absolute atomic E-state index is 0.00540. The maximum Gasteiger partial charge on any atom is 0.157 e. The highest BCUT2D eigenvalue weighted by Crippen LogP contribution is 2.15. The smallest absolute Gasteiger partial charge is 0.157 e. The summed E-state index contributed by atoms with van der Waals surface area (Å²) >= 11 is 0. The van der Waals surface area contributed by atoms with Crippen LogP contribution in [0.15, 0.2) is 0 Å². The summed E-state index contributed by atoms with van der Waals surface area (Å²) in [4.78, 5) is 0. The monoisotopic (exact) mass is 175 g/mol. The van der Waals surface area contributed by atoms with Crippen molar-refractivity contribution in [1.29, 1.82) is 0 Å². The first kappa shape index (κ1) is 11.1. The second kappa shape index (κ2) is 6.82. The Morgan fingerprint density at radius 2 is 1.73 bits per heavy atom. The number of ether oxygens (including phenoxy) is 2. The second-order valence-corrected chi connectivity index (χ2v) is 4.03. The zero-order chi connectivity index (χ0) is 8.69. The van der Waals surface area contributed by atoms with Crippen LogP contribution in [0.5, 0.6) is 0 Å². The molecule has 1 radical (unpaired) electrons. The lowest BCUT2D eigenvalue weighted by Crippen LogP contribution is -2.23. The van der Waals surface area contributed by atoms with E-state index in [4.69, 9.17) is 9.47 Å². The first-order valence-corrected chi connectivity index (χ1v) is 5.44. The van der Waals surface area contributed by atoms with Crippen LogP contribution in [-0.4, -0.2) is 29.7 Å². The van der Waals surface area contributed by atoms with Crippen LogP contribution in [0.3, 0.4) is 0 Å². The van der Waals surface area contributed by atoms with Gasteiger partial charge in [0.25, 0.3) is 0 Å². The molecule has 0 fully saturated rings. The third-order valence-electron chi connectivity index (χ3n) is 1.58. The number of hydrogen-bond donors (Lipinski definition) is 0. The Balaban J connectivity index is 3.66. The molecule has 0 aromatic carbocycles. The Morgan fingerprint density at radius 1 is 1.27 bits per heavy atom. The van der Waals surface area contributed by atoms with Gasteiger partial charge in [-0.05, 0) is 25.8 Å². The van der Waals surface area contributed by atoms with E-state index in [1.54, 1.807) is 0 Å². The maximum atomic E-state index is 5.41. The van der Waals surface area contributed by atoms with Crippen molar-refractivity contribution in [3.05, 3.63) is 6.92 Å². The van der Waals surface area contributed by atoms with Gasteiger partial charge in [-0.2, -0.15) is 0 Å². The van der Waals surface area contributed by atoms with Crippen LogP contribution >= 0.6 is 0 Å². The molecule has 0 aromatic heterocycles. The van der Waals surface area contributed by atoms with Crippen LogP contribution in [-0.2, 0) is 9.47 Å². The van der Waals surface area contributed by atoms with E-state index in [9.17, 15) is 0 Å². The molecule has 0 aromatic rings. The predicted molar refractivity (Wildman–Crippen MR) is 50.7 cm³/mol. The molecule has 0 N–H and O–H groups in total. The molecule has 0 saturated heterocycles. The summed E-state index contributed by atoms with van der Waals surface area (Å²) in [7, 11) is 1.09. The Hall–Kier alpha value is 0.137. The molecule has 0 amide bonds. The highest BCUT2D eigenvalue weighted by molar-refractivity contribution is 6.11. The van der Waals surface area contributed by atoms with Crippen LogP contribution < -0.4 is 0 Å². The molecule has 67 valence electrons. The standard InChI is InChI=1S/C8H19O2Si/c1-4-7(11)8(9-5-2)10-6-3/h7-8H,1,4-6H2,2-3,11H3. The number of rotatable bonds is 6. The molecule has 0 aliphatic rings. The summed E-state index contributed by atoms with van der Waals surface area (Å²) in [5, 5.41) is 0. The Bertz CT molecular complexity index is 82.2. The molecule has 2 nitrogen and oxygen atoms in total. The van der Waals surface area contributed by atoms with E-state index in [0.29, 0.717) is 5.54 Å². The molecule has 0 aliphatic carbocycles. The fourth-order valence-corrected chi connectivity index (χ4v) is 1.23. The molecular formula is C8H19O2Si. The van der Waals surface area contributed by atoms with Crippen LogP contribution in [0.2, 0.25) is 5.54 Å². The van der Waals surface area contributed by atoms with Crippen LogP contribution in [0, 0.1) is 6.92 Å². The van der Waals surface area contributed by atoms with Crippen molar-refractivity contribution < 1.29 is 9.47 Å². The molecule has 1 unspecified atom stereocenters. The quantitative estimate of drug-likeness (QED) is 0.438. The topological polar surface area (TPSA) is 18.5 Å². The molecule has 0 rings (SSSR count). The Labute approximate surface area is 72.7 Å². The lowest BCUT2D eigenvalue weighted by atomic mass is 10.3. The van der Waals surface area contributed by atoms with Gasteiger partial charge in [0.1, 0.15) is 0 Å². The average Bonchev–Trinajstić information content (AvgIpc) is 2.03. The van der Waals surface area contributed by atoms with Crippen molar-refractivity contribution in [1.82, 2.24) is 0 Å². The summed E-state index contributed by atoms with van der Waals surface area (Å²) < 4.78 is 10.8. The van der Waals surface area contributed by atoms with Gasteiger partial charge in [-0.15, -0.1) is 0 Å². The molecular weight excluding hydrogens is 156 g/mol. The average molecular weight is 175 g/mol. The van der Waals surface area contributed by atoms with Gasteiger partial charge in [-0.3, -0.25) is 0 Å². The van der Waals surface area contributed by atoms with Crippen molar-refractivity contribution >= 4 is 10.2 Å². The van der Waals surface area contributed by atoms with Gasteiger partial charge in [0.15, 0.2) is 6.29 Å². The fourth-order valence-electron chi connectivity index (χ4n) is 0.841. The highest BCUT2D eigenvalue weighted by atomic mass is 28.1. The van der Waals surface area contributed by atoms with E-state index in [0.717, 1.165) is 29.9 Å². The Morgan fingerprint density at radius 3 is 2.00 bits per heavy atom. The van der Waals surface area contributed by atoms with Crippen LogP contribution in [0.1, 0.15) is 20.3 Å². The van der Waals surface area contributed by atoms with E-state index in [2.05, 4.69) is 6.92 Å². The fraction of sp³-hybridized carbons (Fsp3) is 0.875.